The third-order valence-electron chi connectivity index (χ3n) is 5.31. The number of piperidine rings is 2. The molecular weight excluding hydrogens is 302 g/mol. The predicted octanol–water partition coefficient (Wildman–Crippen LogP) is 2.12. The molecule has 1 unspecified atom stereocenters. The molecule has 0 aromatic carbocycles. The lowest BCUT2D eigenvalue weighted by atomic mass is 9.90. The lowest BCUT2D eigenvalue weighted by molar-refractivity contribution is -0.145. The summed E-state index contributed by atoms with van der Waals surface area (Å²) in [5, 5.41) is 3.41. The maximum atomic E-state index is 12.9. The van der Waals surface area contributed by atoms with Gasteiger partial charge in [-0.1, -0.05) is 27.7 Å². The van der Waals surface area contributed by atoms with Crippen LogP contribution in [-0.2, 0) is 9.59 Å². The van der Waals surface area contributed by atoms with Gasteiger partial charge >= 0.3 is 0 Å². The second-order valence-corrected chi connectivity index (χ2v) is 8.42. The summed E-state index contributed by atoms with van der Waals surface area (Å²) in [7, 11) is 0. The molecule has 2 rings (SSSR count). The van der Waals surface area contributed by atoms with E-state index in [1.54, 1.807) is 0 Å². The summed E-state index contributed by atoms with van der Waals surface area (Å²) < 4.78 is 0. The van der Waals surface area contributed by atoms with Crippen LogP contribution in [0.1, 0.15) is 53.4 Å². The van der Waals surface area contributed by atoms with Crippen LogP contribution in [0.15, 0.2) is 0 Å². The van der Waals surface area contributed by atoms with Crippen molar-refractivity contribution in [2.24, 2.45) is 17.3 Å². The highest BCUT2D eigenvalue weighted by molar-refractivity contribution is 5.84. The normalized spacial score (nSPS) is 23.4. The van der Waals surface area contributed by atoms with Crippen LogP contribution in [0.2, 0.25) is 0 Å². The van der Waals surface area contributed by atoms with Crippen LogP contribution in [0.25, 0.3) is 0 Å². The molecular formula is C19H35N3O2. The minimum Gasteiger partial charge on any atom is -0.342 e. The van der Waals surface area contributed by atoms with Gasteiger partial charge < -0.3 is 15.1 Å². The molecule has 2 saturated heterocycles. The summed E-state index contributed by atoms with van der Waals surface area (Å²) in [6.45, 7) is 13.2. The SMILES string of the molecule is CCNCC1CCN(C(=O)C2CCCN(C(=O)C(C)(C)C)C2)CC1. The maximum Gasteiger partial charge on any atom is 0.227 e. The Hall–Kier alpha value is -1.10. The van der Waals surface area contributed by atoms with Gasteiger partial charge in [0, 0.05) is 31.6 Å². The molecule has 1 atom stereocenters. The second kappa shape index (κ2) is 8.32. The molecule has 0 saturated carbocycles. The van der Waals surface area contributed by atoms with Crippen LogP contribution in [-0.4, -0.2) is 60.9 Å². The molecule has 0 aromatic rings. The van der Waals surface area contributed by atoms with Crippen molar-refractivity contribution in [3.8, 4) is 0 Å². The lowest BCUT2D eigenvalue weighted by Gasteiger charge is -2.39. The smallest absolute Gasteiger partial charge is 0.227 e. The van der Waals surface area contributed by atoms with E-state index in [1.165, 1.54) is 0 Å². The molecule has 1 N–H and O–H groups in total. The topological polar surface area (TPSA) is 52.7 Å². The Morgan fingerprint density at radius 1 is 1.04 bits per heavy atom. The zero-order valence-corrected chi connectivity index (χ0v) is 15.9. The second-order valence-electron chi connectivity index (χ2n) is 8.42. The summed E-state index contributed by atoms with van der Waals surface area (Å²) in [4.78, 5) is 29.3. The van der Waals surface area contributed by atoms with Crippen molar-refractivity contribution < 1.29 is 9.59 Å². The van der Waals surface area contributed by atoms with Crippen LogP contribution in [0, 0.1) is 17.3 Å². The predicted molar refractivity (Wildman–Crippen MR) is 96.6 cm³/mol. The highest BCUT2D eigenvalue weighted by atomic mass is 16.2. The van der Waals surface area contributed by atoms with Crippen molar-refractivity contribution in [3.63, 3.8) is 0 Å². The van der Waals surface area contributed by atoms with Gasteiger partial charge in [-0.05, 0) is 44.7 Å². The van der Waals surface area contributed by atoms with Crippen LogP contribution < -0.4 is 5.32 Å². The van der Waals surface area contributed by atoms with Gasteiger partial charge in [0.25, 0.3) is 0 Å². The summed E-state index contributed by atoms with van der Waals surface area (Å²) in [6.07, 6.45) is 4.05. The van der Waals surface area contributed by atoms with Crippen molar-refractivity contribution in [3.05, 3.63) is 0 Å². The monoisotopic (exact) mass is 337 g/mol. The van der Waals surface area contributed by atoms with Crippen molar-refractivity contribution in [1.82, 2.24) is 15.1 Å². The number of likely N-dealkylation sites (tertiary alicyclic amines) is 2. The number of nitrogens with zero attached hydrogens (tertiary/aromatic N) is 2. The Kier molecular flexibility index (Phi) is 6.67. The summed E-state index contributed by atoms with van der Waals surface area (Å²) >= 11 is 0. The van der Waals surface area contributed by atoms with E-state index in [4.69, 9.17) is 0 Å². The highest BCUT2D eigenvalue weighted by Gasteiger charge is 2.35. The molecule has 2 aliphatic rings. The molecule has 24 heavy (non-hydrogen) atoms. The third-order valence-corrected chi connectivity index (χ3v) is 5.31. The zero-order valence-electron chi connectivity index (χ0n) is 15.9. The number of rotatable bonds is 4. The van der Waals surface area contributed by atoms with E-state index in [0.717, 1.165) is 58.4 Å². The van der Waals surface area contributed by atoms with E-state index in [1.807, 2.05) is 30.6 Å². The first-order valence-electron chi connectivity index (χ1n) is 9.61. The van der Waals surface area contributed by atoms with E-state index in [2.05, 4.69) is 12.2 Å². The molecule has 0 bridgehead atoms. The van der Waals surface area contributed by atoms with Gasteiger partial charge in [-0.15, -0.1) is 0 Å². The number of carbonyl (C=O) groups is 2. The molecule has 0 spiro atoms. The fourth-order valence-electron chi connectivity index (χ4n) is 3.80. The highest BCUT2D eigenvalue weighted by Crippen LogP contribution is 2.26. The van der Waals surface area contributed by atoms with Crippen LogP contribution in [0.4, 0.5) is 0 Å². The first-order valence-corrected chi connectivity index (χ1v) is 9.61. The number of hydrogen-bond acceptors (Lipinski definition) is 3. The molecule has 2 heterocycles. The van der Waals surface area contributed by atoms with E-state index in [-0.39, 0.29) is 23.1 Å². The molecule has 2 amide bonds. The van der Waals surface area contributed by atoms with Crippen LogP contribution in [0.3, 0.4) is 0 Å². The van der Waals surface area contributed by atoms with Gasteiger partial charge in [0.2, 0.25) is 11.8 Å². The van der Waals surface area contributed by atoms with E-state index in [0.29, 0.717) is 12.5 Å². The summed E-state index contributed by atoms with van der Waals surface area (Å²) in [6, 6.07) is 0. The van der Waals surface area contributed by atoms with Gasteiger partial charge in [0.05, 0.1) is 5.92 Å². The van der Waals surface area contributed by atoms with Crippen molar-refractivity contribution in [1.29, 1.82) is 0 Å². The Bertz CT molecular complexity index is 436. The Balaban J connectivity index is 1.85. The summed E-state index contributed by atoms with van der Waals surface area (Å²) in [5.41, 5.74) is -0.366. The Morgan fingerprint density at radius 3 is 2.29 bits per heavy atom. The number of amides is 2. The van der Waals surface area contributed by atoms with Gasteiger partial charge in [0.15, 0.2) is 0 Å². The molecule has 2 fully saturated rings. The van der Waals surface area contributed by atoms with E-state index in [9.17, 15) is 9.59 Å². The molecule has 2 aliphatic heterocycles. The van der Waals surface area contributed by atoms with Gasteiger partial charge in [-0.3, -0.25) is 9.59 Å². The molecule has 5 nitrogen and oxygen atoms in total. The third kappa shape index (κ3) is 4.95. The first kappa shape index (κ1) is 19.2. The average molecular weight is 338 g/mol. The number of nitrogens with one attached hydrogen (secondary N) is 1. The fraction of sp³-hybridized carbons (Fsp3) is 0.895. The van der Waals surface area contributed by atoms with Gasteiger partial charge in [-0.25, -0.2) is 0 Å². The van der Waals surface area contributed by atoms with Crippen LogP contribution >= 0.6 is 0 Å². The van der Waals surface area contributed by atoms with Gasteiger partial charge in [-0.2, -0.15) is 0 Å². The fourth-order valence-corrected chi connectivity index (χ4v) is 3.80. The Morgan fingerprint density at radius 2 is 1.71 bits per heavy atom. The standard InChI is InChI=1S/C19H35N3O2/c1-5-20-13-15-8-11-21(12-9-15)17(23)16-7-6-10-22(14-16)18(24)19(2,3)4/h15-16,20H,5-14H2,1-4H3. The number of hydrogen-bond donors (Lipinski definition) is 1. The van der Waals surface area contributed by atoms with E-state index >= 15 is 0 Å². The first-order chi connectivity index (χ1) is 11.3. The zero-order chi connectivity index (χ0) is 17.7. The molecule has 0 aliphatic carbocycles. The van der Waals surface area contributed by atoms with Crippen molar-refractivity contribution in [2.45, 2.75) is 53.4 Å². The van der Waals surface area contributed by atoms with Crippen LogP contribution in [0.5, 0.6) is 0 Å². The quantitative estimate of drug-likeness (QED) is 0.855. The molecule has 138 valence electrons. The minimum atomic E-state index is -0.366. The largest absolute Gasteiger partial charge is 0.342 e. The molecule has 5 heteroatoms. The maximum absolute atomic E-state index is 12.9. The molecule has 0 aromatic heterocycles. The Labute approximate surface area is 147 Å². The number of carbonyl (C=O) groups excluding carboxylic acids is 2. The van der Waals surface area contributed by atoms with Crippen molar-refractivity contribution >= 4 is 11.8 Å². The summed E-state index contributed by atoms with van der Waals surface area (Å²) in [5.74, 6) is 1.13. The average Bonchev–Trinajstić information content (AvgIpc) is 2.58. The van der Waals surface area contributed by atoms with Crippen molar-refractivity contribution in [2.75, 3.05) is 39.3 Å². The van der Waals surface area contributed by atoms with E-state index < -0.39 is 0 Å². The minimum absolute atomic E-state index is 0.00429. The van der Waals surface area contributed by atoms with Gasteiger partial charge in [0.1, 0.15) is 0 Å². The molecule has 0 radical (unpaired) electrons. The lowest BCUT2D eigenvalue weighted by Crippen LogP contribution is -2.51.